The maximum absolute atomic E-state index is 13.0. The van der Waals surface area contributed by atoms with Crippen molar-refractivity contribution in [1.82, 2.24) is 34.9 Å². The lowest BCUT2D eigenvalue weighted by molar-refractivity contribution is -0.125. The molecule has 212 valence electrons. The minimum Gasteiger partial charge on any atom is -0.457 e. The minimum atomic E-state index is -0.00370. The number of nitrogen functional groups attached to an aromatic ring is 1. The van der Waals surface area contributed by atoms with Crippen molar-refractivity contribution in [3.05, 3.63) is 73.1 Å². The van der Waals surface area contributed by atoms with Crippen LogP contribution in [-0.2, 0) is 4.79 Å². The Hall–Kier alpha value is -4.28. The number of ether oxygens (including phenoxy) is 1. The smallest absolute Gasteiger partial charge is 0.246 e. The normalized spacial score (nSPS) is 18.1. The third-order valence-corrected chi connectivity index (χ3v) is 8.03. The van der Waals surface area contributed by atoms with Crippen LogP contribution in [0.2, 0.25) is 0 Å². The summed E-state index contributed by atoms with van der Waals surface area (Å²) in [6.45, 7) is 4.12. The first kappa shape index (κ1) is 26.9. The van der Waals surface area contributed by atoms with E-state index < -0.39 is 0 Å². The van der Waals surface area contributed by atoms with Gasteiger partial charge >= 0.3 is 0 Å². The van der Waals surface area contributed by atoms with Crippen LogP contribution in [0.5, 0.6) is 11.5 Å². The third kappa shape index (κ3) is 5.94. The Morgan fingerprint density at radius 2 is 1.83 bits per heavy atom. The summed E-state index contributed by atoms with van der Waals surface area (Å²) in [5, 5.41) is 9.09. The van der Waals surface area contributed by atoms with E-state index in [1.165, 1.54) is 6.33 Å². The summed E-state index contributed by atoms with van der Waals surface area (Å²) >= 11 is 0. The maximum Gasteiger partial charge on any atom is 0.246 e. The number of carbonyl (C=O) groups excluding carboxylic acids is 1. The van der Waals surface area contributed by atoms with Crippen LogP contribution < -0.4 is 15.8 Å². The first-order valence-corrected chi connectivity index (χ1v) is 14.3. The summed E-state index contributed by atoms with van der Waals surface area (Å²) in [5.41, 5.74) is 8.62. The van der Waals surface area contributed by atoms with E-state index >= 15 is 0 Å². The van der Waals surface area contributed by atoms with Crippen molar-refractivity contribution < 1.29 is 9.53 Å². The van der Waals surface area contributed by atoms with Gasteiger partial charge in [-0.3, -0.25) is 9.69 Å². The topological polar surface area (TPSA) is 114 Å². The monoisotopic (exact) mass is 552 g/mol. The number of aromatic nitrogens is 4. The number of piperidine rings is 1. The van der Waals surface area contributed by atoms with Crippen molar-refractivity contribution >= 4 is 22.8 Å². The highest BCUT2D eigenvalue weighted by molar-refractivity contribution is 5.98. The molecule has 2 aliphatic heterocycles. The number of rotatable bonds is 8. The van der Waals surface area contributed by atoms with E-state index in [-0.39, 0.29) is 11.9 Å². The lowest BCUT2D eigenvalue weighted by Crippen LogP contribution is -2.41. The molecule has 1 amide bonds. The number of anilines is 1. The van der Waals surface area contributed by atoms with Crippen molar-refractivity contribution in [2.45, 2.75) is 31.3 Å². The van der Waals surface area contributed by atoms with E-state index in [9.17, 15) is 4.79 Å². The predicted molar refractivity (Wildman–Crippen MR) is 160 cm³/mol. The molecule has 6 rings (SSSR count). The molecule has 0 saturated carbocycles. The molecule has 1 atom stereocenters. The van der Waals surface area contributed by atoms with Gasteiger partial charge in [0.25, 0.3) is 0 Å². The largest absolute Gasteiger partial charge is 0.457 e. The highest BCUT2D eigenvalue weighted by Gasteiger charge is 2.30. The van der Waals surface area contributed by atoms with E-state index in [2.05, 4.69) is 27.2 Å². The predicted octanol–water partition coefficient (Wildman–Crippen LogP) is 3.88. The molecular formula is C31H36N8O2. The first-order chi connectivity index (χ1) is 20.1. The summed E-state index contributed by atoms with van der Waals surface area (Å²) in [6.07, 6.45) is 8.25. The third-order valence-electron chi connectivity index (χ3n) is 8.03. The van der Waals surface area contributed by atoms with Gasteiger partial charge in [0.05, 0.1) is 11.4 Å². The number of para-hydroxylation sites is 1. The van der Waals surface area contributed by atoms with E-state index in [0.717, 1.165) is 67.0 Å². The molecule has 3 N–H and O–H groups in total. The van der Waals surface area contributed by atoms with Crippen molar-refractivity contribution in [3.8, 4) is 22.8 Å². The molecule has 2 aliphatic rings. The molecule has 2 aromatic heterocycles. The highest BCUT2D eigenvalue weighted by atomic mass is 16.5. The van der Waals surface area contributed by atoms with Crippen LogP contribution in [0.4, 0.5) is 5.82 Å². The van der Waals surface area contributed by atoms with Gasteiger partial charge in [0.1, 0.15) is 29.3 Å². The average molecular weight is 553 g/mol. The number of likely N-dealkylation sites (tertiary alicyclic amines) is 1. The minimum absolute atomic E-state index is 0.00370. The summed E-state index contributed by atoms with van der Waals surface area (Å²) < 4.78 is 7.87. The summed E-state index contributed by atoms with van der Waals surface area (Å²) in [7, 11) is 2.13. The Labute approximate surface area is 239 Å². The van der Waals surface area contributed by atoms with Gasteiger partial charge in [-0.15, -0.1) is 0 Å². The van der Waals surface area contributed by atoms with Crippen molar-refractivity contribution in [3.63, 3.8) is 0 Å². The second-order valence-electron chi connectivity index (χ2n) is 10.7. The van der Waals surface area contributed by atoms with Crippen molar-refractivity contribution in [1.29, 1.82) is 0 Å². The van der Waals surface area contributed by atoms with Crippen LogP contribution in [-0.4, -0.2) is 81.3 Å². The highest BCUT2D eigenvalue weighted by Crippen LogP contribution is 2.35. The number of carbonyl (C=O) groups is 1. The number of nitrogens with one attached hydrogen (secondary N) is 1. The van der Waals surface area contributed by atoms with E-state index in [4.69, 9.17) is 15.6 Å². The Balaban J connectivity index is 1.16. The maximum atomic E-state index is 13.0. The van der Waals surface area contributed by atoms with Crippen molar-refractivity contribution in [2.24, 2.45) is 0 Å². The lowest BCUT2D eigenvalue weighted by atomic mass is 10.1. The number of fused-ring (bicyclic) bond motifs is 1. The van der Waals surface area contributed by atoms with Crippen LogP contribution in [0.25, 0.3) is 22.3 Å². The van der Waals surface area contributed by atoms with Crippen LogP contribution in [0.1, 0.15) is 25.3 Å². The first-order valence-electron chi connectivity index (χ1n) is 14.3. The molecule has 10 heteroatoms. The van der Waals surface area contributed by atoms with Crippen LogP contribution in [0.15, 0.2) is 73.1 Å². The molecule has 4 aromatic rings. The van der Waals surface area contributed by atoms with Crippen LogP contribution in [0.3, 0.4) is 0 Å². The number of hydrogen-bond acceptors (Lipinski definition) is 8. The fourth-order valence-electron chi connectivity index (χ4n) is 5.72. The summed E-state index contributed by atoms with van der Waals surface area (Å²) in [6, 6.07) is 18.0. The fraction of sp³-hybridized carbons (Fsp3) is 0.355. The quantitative estimate of drug-likeness (QED) is 0.317. The Bertz CT molecular complexity index is 1510. The zero-order chi connectivity index (χ0) is 28.2. The van der Waals surface area contributed by atoms with Gasteiger partial charge in [0.15, 0.2) is 5.65 Å². The molecular weight excluding hydrogens is 516 g/mol. The second-order valence-corrected chi connectivity index (χ2v) is 10.7. The van der Waals surface area contributed by atoms with Crippen LogP contribution in [0, 0.1) is 0 Å². The molecule has 0 bridgehead atoms. The lowest BCUT2D eigenvalue weighted by Gasteiger charge is -2.30. The van der Waals surface area contributed by atoms with Gasteiger partial charge < -0.3 is 20.7 Å². The molecule has 4 heterocycles. The zero-order valence-corrected chi connectivity index (χ0v) is 23.3. The number of likely N-dealkylation sites (N-methyl/N-ethyl adjacent to an activating group) is 1. The molecule has 2 saturated heterocycles. The van der Waals surface area contributed by atoms with E-state index in [1.54, 1.807) is 6.08 Å². The van der Waals surface area contributed by atoms with Crippen molar-refractivity contribution in [2.75, 3.05) is 45.5 Å². The van der Waals surface area contributed by atoms with Gasteiger partial charge in [-0.25, -0.2) is 14.6 Å². The number of hydrogen-bond donors (Lipinski definition) is 2. The van der Waals surface area contributed by atoms with Crippen LogP contribution >= 0.6 is 0 Å². The average Bonchev–Trinajstić information content (AvgIpc) is 3.65. The molecule has 41 heavy (non-hydrogen) atoms. The Morgan fingerprint density at radius 3 is 2.61 bits per heavy atom. The number of amides is 1. The zero-order valence-electron chi connectivity index (χ0n) is 23.3. The SMILES string of the molecule is CN(C/C=C/C(=O)N1CC[C@@H](n2nc(-c3ccc(Oc4ccccc4)cc3)c3c(N)ncnc32)C1)C1CCNCC1. The van der Waals surface area contributed by atoms with E-state index in [0.29, 0.717) is 30.6 Å². The fourth-order valence-corrected chi connectivity index (χ4v) is 5.72. The van der Waals surface area contributed by atoms with Gasteiger partial charge in [-0.1, -0.05) is 24.3 Å². The summed E-state index contributed by atoms with van der Waals surface area (Å²) in [5.74, 6) is 1.92. The van der Waals surface area contributed by atoms with Gasteiger partial charge in [0, 0.05) is 37.3 Å². The number of benzene rings is 2. The molecule has 0 aliphatic carbocycles. The molecule has 0 radical (unpaired) electrons. The number of nitrogens with zero attached hydrogens (tertiary/aromatic N) is 6. The number of nitrogens with two attached hydrogens (primary N) is 1. The standard InChI is InChI=1S/C31H36N8O2/c1-37(23-13-16-33-17-14-23)18-5-8-27(40)38-19-15-24(20-38)39-31-28(30(32)34-21-35-31)29(36-39)22-9-11-26(12-10-22)41-25-6-3-2-4-7-25/h2-12,21,23-24,33H,13-20H2,1H3,(H2,32,34,35)/b8-5+/t24-/m1/s1. The molecule has 2 aromatic carbocycles. The van der Waals surface area contributed by atoms with Gasteiger partial charge in [0.2, 0.25) is 5.91 Å². The molecule has 10 nitrogen and oxygen atoms in total. The summed E-state index contributed by atoms with van der Waals surface area (Å²) in [4.78, 5) is 26.0. The Morgan fingerprint density at radius 1 is 1.07 bits per heavy atom. The van der Waals surface area contributed by atoms with Gasteiger partial charge in [-0.2, -0.15) is 5.10 Å². The van der Waals surface area contributed by atoms with Gasteiger partial charge in [-0.05, 0) is 75.8 Å². The molecule has 2 fully saturated rings. The Kier molecular flexibility index (Phi) is 7.93. The molecule has 0 spiro atoms. The van der Waals surface area contributed by atoms with E-state index in [1.807, 2.05) is 70.3 Å². The molecule has 0 unspecified atom stereocenters. The second kappa shape index (κ2) is 12.1.